The maximum Gasteiger partial charge on any atom is 0.243 e. The van der Waals surface area contributed by atoms with Crippen molar-refractivity contribution in [2.45, 2.75) is 10.8 Å². The quantitative estimate of drug-likeness (QED) is 0.874. The third-order valence-corrected chi connectivity index (χ3v) is 5.13. The highest BCUT2D eigenvalue weighted by Gasteiger charge is 2.39. The largest absolute Gasteiger partial charge is 0.504 e. The van der Waals surface area contributed by atoms with Gasteiger partial charge >= 0.3 is 0 Å². The lowest BCUT2D eigenvalue weighted by molar-refractivity contribution is 0.255. The van der Waals surface area contributed by atoms with Crippen molar-refractivity contribution in [1.82, 2.24) is 14.5 Å². The molecule has 3 rings (SSSR count). The molecule has 6 nitrogen and oxygen atoms in total. The van der Waals surface area contributed by atoms with Crippen LogP contribution in [0.2, 0.25) is 0 Å². The van der Waals surface area contributed by atoms with E-state index in [0.29, 0.717) is 23.7 Å². The molecule has 7 heteroatoms. The van der Waals surface area contributed by atoms with Gasteiger partial charge in [-0.15, -0.1) is 0 Å². The minimum atomic E-state index is -3.42. The van der Waals surface area contributed by atoms with Crippen molar-refractivity contribution < 1.29 is 13.5 Å². The van der Waals surface area contributed by atoms with E-state index in [9.17, 15) is 13.5 Å². The van der Waals surface area contributed by atoms with Crippen molar-refractivity contribution in [1.29, 1.82) is 0 Å². The number of H-pyrrole nitrogens is 1. The maximum atomic E-state index is 12.3. The Bertz CT molecular complexity index is 675. The van der Waals surface area contributed by atoms with Crippen molar-refractivity contribution >= 4 is 10.0 Å². The van der Waals surface area contributed by atoms with Crippen LogP contribution in [0, 0.1) is 0 Å². The van der Waals surface area contributed by atoms with Gasteiger partial charge in [0, 0.05) is 19.0 Å². The van der Waals surface area contributed by atoms with E-state index in [4.69, 9.17) is 0 Å². The van der Waals surface area contributed by atoms with Crippen molar-refractivity contribution in [2.75, 3.05) is 13.1 Å². The average Bonchev–Trinajstić information content (AvgIpc) is 2.75. The summed E-state index contributed by atoms with van der Waals surface area (Å²) in [6, 6.07) is 8.34. The van der Waals surface area contributed by atoms with E-state index in [1.165, 1.54) is 10.5 Å². The van der Waals surface area contributed by atoms with Gasteiger partial charge in [-0.3, -0.25) is 5.10 Å². The van der Waals surface area contributed by atoms with Crippen molar-refractivity contribution in [2.24, 2.45) is 0 Å². The van der Waals surface area contributed by atoms with Crippen LogP contribution in [0.25, 0.3) is 0 Å². The van der Waals surface area contributed by atoms with Crippen LogP contribution in [0.5, 0.6) is 5.75 Å². The van der Waals surface area contributed by atoms with E-state index in [1.54, 1.807) is 30.3 Å². The molecule has 1 aromatic carbocycles. The number of aromatic amines is 1. The number of aromatic hydroxyl groups is 1. The fourth-order valence-corrected chi connectivity index (χ4v) is 3.70. The Hall–Kier alpha value is -1.86. The lowest BCUT2D eigenvalue weighted by atomic mass is 9.99. The Morgan fingerprint density at radius 2 is 1.95 bits per heavy atom. The molecule has 2 aromatic rings. The zero-order chi connectivity index (χ0) is 13.5. The van der Waals surface area contributed by atoms with Gasteiger partial charge in [-0.25, -0.2) is 8.42 Å². The normalized spacial score (nSPS) is 17.3. The second kappa shape index (κ2) is 4.36. The molecule has 19 heavy (non-hydrogen) atoms. The summed E-state index contributed by atoms with van der Waals surface area (Å²) in [4.78, 5) is 0.294. The molecule has 2 heterocycles. The van der Waals surface area contributed by atoms with Crippen LogP contribution in [0.4, 0.5) is 0 Å². The number of nitrogens with one attached hydrogen (secondary N) is 1. The molecule has 1 aromatic heterocycles. The zero-order valence-corrected chi connectivity index (χ0v) is 10.8. The van der Waals surface area contributed by atoms with Gasteiger partial charge in [0.1, 0.15) is 0 Å². The molecule has 0 amide bonds. The molecule has 0 atom stereocenters. The number of aromatic nitrogens is 2. The predicted octanol–water partition coefficient (Wildman–Crippen LogP) is 0.903. The van der Waals surface area contributed by atoms with Crippen LogP contribution >= 0.6 is 0 Å². The first kappa shape index (κ1) is 12.2. The third kappa shape index (κ3) is 2.00. The Morgan fingerprint density at radius 1 is 1.26 bits per heavy atom. The Morgan fingerprint density at radius 3 is 2.53 bits per heavy atom. The molecule has 0 aliphatic carbocycles. The summed E-state index contributed by atoms with van der Waals surface area (Å²) in [6.45, 7) is 0.708. The predicted molar refractivity (Wildman–Crippen MR) is 68.2 cm³/mol. The van der Waals surface area contributed by atoms with Crippen LogP contribution in [-0.2, 0) is 10.0 Å². The van der Waals surface area contributed by atoms with E-state index >= 15 is 0 Å². The summed E-state index contributed by atoms with van der Waals surface area (Å²) >= 11 is 0. The van der Waals surface area contributed by atoms with E-state index in [1.807, 2.05) is 0 Å². The molecule has 0 radical (unpaired) electrons. The number of nitrogens with zero attached hydrogens (tertiary/aromatic N) is 2. The van der Waals surface area contributed by atoms with Crippen LogP contribution < -0.4 is 0 Å². The molecular weight excluding hydrogens is 266 g/mol. The molecule has 0 saturated carbocycles. The lowest BCUT2D eigenvalue weighted by Crippen LogP contribution is -2.48. The summed E-state index contributed by atoms with van der Waals surface area (Å²) in [5.74, 6) is 0.0581. The third-order valence-electron chi connectivity index (χ3n) is 3.29. The summed E-state index contributed by atoms with van der Waals surface area (Å²) < 4.78 is 25.9. The van der Waals surface area contributed by atoms with E-state index in [0.717, 1.165) is 0 Å². The number of hydrogen-bond donors (Lipinski definition) is 2. The molecule has 1 aliphatic heterocycles. The molecule has 1 aliphatic rings. The van der Waals surface area contributed by atoms with Gasteiger partial charge in [0.05, 0.1) is 16.8 Å². The van der Waals surface area contributed by atoms with Gasteiger partial charge in [-0.2, -0.15) is 9.40 Å². The Balaban J connectivity index is 1.76. The zero-order valence-electron chi connectivity index (χ0n) is 10.0. The molecule has 0 unspecified atom stereocenters. The summed E-state index contributed by atoms with van der Waals surface area (Å²) in [7, 11) is -3.42. The van der Waals surface area contributed by atoms with Crippen LogP contribution in [-0.4, -0.2) is 41.1 Å². The summed E-state index contributed by atoms with van der Waals surface area (Å²) in [6.07, 6.45) is 1.32. The highest BCUT2D eigenvalue weighted by Crippen LogP contribution is 2.34. The smallest absolute Gasteiger partial charge is 0.243 e. The van der Waals surface area contributed by atoms with E-state index in [-0.39, 0.29) is 11.7 Å². The summed E-state index contributed by atoms with van der Waals surface area (Å²) in [5.41, 5.74) is 0.597. The molecule has 2 N–H and O–H groups in total. The van der Waals surface area contributed by atoms with Crippen LogP contribution in [0.15, 0.2) is 41.4 Å². The number of rotatable bonds is 3. The number of sulfonamides is 1. The Labute approximate surface area is 110 Å². The minimum absolute atomic E-state index is 0.0269. The van der Waals surface area contributed by atoms with E-state index < -0.39 is 10.0 Å². The molecule has 1 saturated heterocycles. The van der Waals surface area contributed by atoms with Crippen molar-refractivity contribution in [3.8, 4) is 5.75 Å². The second-order valence-corrected chi connectivity index (χ2v) is 6.44. The topological polar surface area (TPSA) is 86.3 Å². The Kier molecular flexibility index (Phi) is 2.79. The fourth-order valence-electron chi connectivity index (χ4n) is 2.15. The van der Waals surface area contributed by atoms with Gasteiger partial charge in [-0.05, 0) is 12.1 Å². The van der Waals surface area contributed by atoms with Crippen molar-refractivity contribution in [3.63, 3.8) is 0 Å². The van der Waals surface area contributed by atoms with Crippen molar-refractivity contribution in [3.05, 3.63) is 42.2 Å². The molecule has 0 bridgehead atoms. The maximum absolute atomic E-state index is 12.3. The summed E-state index contributed by atoms with van der Waals surface area (Å²) in [5, 5.41) is 16.0. The first-order valence-corrected chi connectivity index (χ1v) is 7.30. The monoisotopic (exact) mass is 279 g/mol. The molecular formula is C12H13N3O3S. The van der Waals surface area contributed by atoms with Gasteiger partial charge in [0.15, 0.2) is 5.75 Å². The van der Waals surface area contributed by atoms with Crippen LogP contribution in [0.1, 0.15) is 11.6 Å². The highest BCUT2D eigenvalue weighted by atomic mass is 32.2. The van der Waals surface area contributed by atoms with Gasteiger partial charge in [0.25, 0.3) is 0 Å². The fraction of sp³-hybridized carbons (Fsp3) is 0.250. The molecule has 100 valence electrons. The first-order chi connectivity index (χ1) is 9.09. The standard InChI is InChI=1S/C12H13N3O3S/c16-11-6-13-14-12(11)9-7-15(8-9)19(17,18)10-4-2-1-3-5-10/h1-6,9,16H,7-8H2,(H,13,14). The SMILES string of the molecule is O=S(=O)(c1ccccc1)N1CC(c2[nH]ncc2O)C1. The molecule has 0 spiro atoms. The number of hydrogen-bond acceptors (Lipinski definition) is 4. The van der Waals surface area contributed by atoms with Gasteiger partial charge in [-0.1, -0.05) is 18.2 Å². The molecule has 1 fully saturated rings. The lowest BCUT2D eigenvalue weighted by Gasteiger charge is -2.37. The van der Waals surface area contributed by atoms with Gasteiger partial charge < -0.3 is 5.11 Å². The number of benzene rings is 1. The average molecular weight is 279 g/mol. The first-order valence-electron chi connectivity index (χ1n) is 5.86. The van der Waals surface area contributed by atoms with Gasteiger partial charge in [0.2, 0.25) is 10.0 Å². The van der Waals surface area contributed by atoms with Crippen LogP contribution in [0.3, 0.4) is 0 Å². The second-order valence-electron chi connectivity index (χ2n) is 4.50. The minimum Gasteiger partial charge on any atom is -0.504 e. The van der Waals surface area contributed by atoms with E-state index in [2.05, 4.69) is 10.2 Å². The highest BCUT2D eigenvalue weighted by molar-refractivity contribution is 7.89.